The number of carbonyl (C=O) groups is 1. The van der Waals surface area contributed by atoms with Gasteiger partial charge in [0.2, 0.25) is 0 Å². The number of rotatable bonds is 4. The third kappa shape index (κ3) is 3.68. The van der Waals surface area contributed by atoms with Crippen LogP contribution in [0.25, 0.3) is 34.4 Å². The molecule has 0 radical (unpaired) electrons. The Morgan fingerprint density at radius 3 is 2.71 bits per heavy atom. The van der Waals surface area contributed by atoms with E-state index in [2.05, 4.69) is 4.98 Å². The van der Waals surface area contributed by atoms with Gasteiger partial charge in [0, 0.05) is 16.0 Å². The van der Waals surface area contributed by atoms with Gasteiger partial charge in [0.05, 0.1) is 16.8 Å². The molecule has 1 N–H and O–H groups in total. The molecule has 0 spiro atoms. The van der Waals surface area contributed by atoms with Crippen LogP contribution in [-0.2, 0) is 0 Å². The van der Waals surface area contributed by atoms with Gasteiger partial charge in [-0.15, -0.1) is 0 Å². The van der Waals surface area contributed by atoms with E-state index in [4.69, 9.17) is 16.0 Å². The molecule has 4 nitrogen and oxygen atoms in total. The SMILES string of the molecule is Cc1ccc2nc(/C=C/c3ccc(-c4cccc(Cl)c4)o3)cc(C(=O)O)c2c1. The summed E-state index contributed by atoms with van der Waals surface area (Å²) in [4.78, 5) is 16.2. The molecule has 4 rings (SSSR count). The first-order chi connectivity index (χ1) is 13.5. The zero-order valence-electron chi connectivity index (χ0n) is 15.0. The Hall–Kier alpha value is -3.37. The van der Waals surface area contributed by atoms with E-state index in [1.54, 1.807) is 18.2 Å². The molecule has 2 heterocycles. The number of benzene rings is 2. The number of aromatic nitrogens is 1. The normalized spacial score (nSPS) is 11.4. The first-order valence-corrected chi connectivity index (χ1v) is 9.06. The van der Waals surface area contributed by atoms with E-state index < -0.39 is 5.97 Å². The molecule has 0 atom stereocenters. The van der Waals surface area contributed by atoms with E-state index in [9.17, 15) is 9.90 Å². The average Bonchev–Trinajstić information content (AvgIpc) is 3.15. The lowest BCUT2D eigenvalue weighted by Crippen LogP contribution is -2.00. The number of hydrogen-bond acceptors (Lipinski definition) is 3. The minimum atomic E-state index is -0.978. The molecule has 0 saturated heterocycles. The van der Waals surface area contributed by atoms with Gasteiger partial charge in [-0.1, -0.05) is 35.4 Å². The fourth-order valence-electron chi connectivity index (χ4n) is 3.03. The third-order valence-corrected chi connectivity index (χ3v) is 4.60. The summed E-state index contributed by atoms with van der Waals surface area (Å²) in [5.74, 6) is 0.363. The van der Waals surface area contributed by atoms with Crippen molar-refractivity contribution >= 4 is 40.6 Å². The van der Waals surface area contributed by atoms with Crippen LogP contribution in [0, 0.1) is 6.92 Å². The highest BCUT2D eigenvalue weighted by atomic mass is 35.5. The van der Waals surface area contributed by atoms with Crippen molar-refractivity contribution in [2.24, 2.45) is 0 Å². The van der Waals surface area contributed by atoms with Crippen molar-refractivity contribution in [1.82, 2.24) is 4.98 Å². The number of hydrogen-bond donors (Lipinski definition) is 1. The molecule has 0 fully saturated rings. The van der Waals surface area contributed by atoms with Gasteiger partial charge < -0.3 is 9.52 Å². The number of fused-ring (bicyclic) bond motifs is 1. The fraction of sp³-hybridized carbons (Fsp3) is 0.0435. The number of halogens is 1. The maximum Gasteiger partial charge on any atom is 0.336 e. The van der Waals surface area contributed by atoms with Crippen LogP contribution in [0.3, 0.4) is 0 Å². The van der Waals surface area contributed by atoms with Crippen LogP contribution in [0.4, 0.5) is 0 Å². The zero-order chi connectivity index (χ0) is 19.7. The maximum atomic E-state index is 11.7. The van der Waals surface area contributed by atoms with Crippen LogP contribution in [0.2, 0.25) is 5.02 Å². The van der Waals surface area contributed by atoms with E-state index in [1.807, 2.05) is 61.5 Å². The molecule has 2 aromatic heterocycles. The summed E-state index contributed by atoms with van der Waals surface area (Å²) < 4.78 is 5.84. The Bertz CT molecular complexity index is 1220. The molecule has 138 valence electrons. The van der Waals surface area contributed by atoms with Gasteiger partial charge >= 0.3 is 5.97 Å². The molecule has 5 heteroatoms. The van der Waals surface area contributed by atoms with Gasteiger partial charge in [-0.25, -0.2) is 9.78 Å². The van der Waals surface area contributed by atoms with E-state index in [-0.39, 0.29) is 5.56 Å². The van der Waals surface area contributed by atoms with Crippen molar-refractivity contribution in [2.75, 3.05) is 0 Å². The van der Waals surface area contributed by atoms with Crippen molar-refractivity contribution in [3.8, 4) is 11.3 Å². The van der Waals surface area contributed by atoms with Crippen molar-refractivity contribution in [1.29, 1.82) is 0 Å². The standard InChI is InChI=1S/C23H16ClNO3/c1-14-5-9-21-19(11-14)20(23(26)27)13-17(25-21)6-7-18-8-10-22(28-18)15-3-2-4-16(24)12-15/h2-13H,1H3,(H,26,27)/b7-6+. The smallest absolute Gasteiger partial charge is 0.336 e. The number of pyridine rings is 1. The highest BCUT2D eigenvalue weighted by Crippen LogP contribution is 2.26. The zero-order valence-corrected chi connectivity index (χ0v) is 15.8. The number of nitrogens with zero attached hydrogens (tertiary/aromatic N) is 1. The second-order valence-corrected chi connectivity index (χ2v) is 6.90. The maximum absolute atomic E-state index is 11.7. The molecule has 0 aliphatic carbocycles. The number of carboxylic acid groups (broad SMARTS) is 1. The summed E-state index contributed by atoms with van der Waals surface area (Å²) in [7, 11) is 0. The van der Waals surface area contributed by atoms with Gasteiger partial charge in [0.25, 0.3) is 0 Å². The Morgan fingerprint density at radius 1 is 1.07 bits per heavy atom. The predicted molar refractivity (Wildman–Crippen MR) is 112 cm³/mol. The minimum Gasteiger partial charge on any atom is -0.478 e. The number of aromatic carboxylic acids is 1. The second kappa shape index (κ2) is 7.33. The summed E-state index contributed by atoms with van der Waals surface area (Å²) >= 11 is 6.03. The Labute approximate surface area is 166 Å². The third-order valence-electron chi connectivity index (χ3n) is 4.37. The summed E-state index contributed by atoms with van der Waals surface area (Å²) in [6.07, 6.45) is 3.51. The van der Waals surface area contributed by atoms with E-state index >= 15 is 0 Å². The molecule has 0 saturated carbocycles. The molecular weight excluding hydrogens is 374 g/mol. The largest absolute Gasteiger partial charge is 0.478 e. The van der Waals surface area contributed by atoms with Crippen LogP contribution in [0.15, 0.2) is 65.1 Å². The first kappa shape index (κ1) is 18.0. The minimum absolute atomic E-state index is 0.229. The Kier molecular flexibility index (Phi) is 4.72. The van der Waals surface area contributed by atoms with E-state index in [1.165, 1.54) is 0 Å². The van der Waals surface area contributed by atoms with Gasteiger partial charge in [0.15, 0.2) is 0 Å². The second-order valence-electron chi connectivity index (χ2n) is 6.47. The number of carboxylic acids is 1. The number of aryl methyl sites for hydroxylation is 1. The van der Waals surface area contributed by atoms with E-state index in [0.29, 0.717) is 33.1 Å². The predicted octanol–water partition coefficient (Wildman–Crippen LogP) is 6.33. The van der Waals surface area contributed by atoms with Crippen molar-refractivity contribution in [2.45, 2.75) is 6.92 Å². The summed E-state index contributed by atoms with van der Waals surface area (Å²) in [6.45, 7) is 1.92. The van der Waals surface area contributed by atoms with Crippen LogP contribution < -0.4 is 0 Å². The molecule has 0 aliphatic rings. The van der Waals surface area contributed by atoms with Crippen molar-refractivity contribution < 1.29 is 14.3 Å². The van der Waals surface area contributed by atoms with Crippen LogP contribution in [0.5, 0.6) is 0 Å². The van der Waals surface area contributed by atoms with Crippen LogP contribution >= 0.6 is 11.6 Å². The molecule has 0 aliphatic heterocycles. The van der Waals surface area contributed by atoms with Crippen molar-refractivity contribution in [3.63, 3.8) is 0 Å². The van der Waals surface area contributed by atoms with Gasteiger partial charge in [-0.2, -0.15) is 0 Å². The van der Waals surface area contributed by atoms with Gasteiger partial charge in [-0.05, 0) is 61.5 Å². The van der Waals surface area contributed by atoms with Crippen molar-refractivity contribution in [3.05, 3.63) is 88.3 Å². The monoisotopic (exact) mass is 389 g/mol. The Balaban J connectivity index is 1.67. The topological polar surface area (TPSA) is 63.3 Å². The summed E-state index contributed by atoms with van der Waals surface area (Å²) in [6, 6.07) is 18.3. The first-order valence-electron chi connectivity index (χ1n) is 8.68. The average molecular weight is 390 g/mol. The molecule has 4 aromatic rings. The molecular formula is C23H16ClNO3. The number of furan rings is 1. The van der Waals surface area contributed by atoms with Gasteiger partial charge in [0.1, 0.15) is 11.5 Å². The summed E-state index contributed by atoms with van der Waals surface area (Å²) in [5.41, 5.74) is 3.30. The Morgan fingerprint density at radius 2 is 1.93 bits per heavy atom. The molecule has 28 heavy (non-hydrogen) atoms. The van der Waals surface area contributed by atoms with Crippen LogP contribution in [-0.4, -0.2) is 16.1 Å². The van der Waals surface area contributed by atoms with E-state index in [0.717, 1.165) is 11.1 Å². The molecule has 0 unspecified atom stereocenters. The van der Waals surface area contributed by atoms with Crippen LogP contribution in [0.1, 0.15) is 27.4 Å². The highest BCUT2D eigenvalue weighted by Gasteiger charge is 2.11. The highest BCUT2D eigenvalue weighted by molar-refractivity contribution is 6.30. The molecule has 2 aromatic carbocycles. The lowest BCUT2D eigenvalue weighted by molar-refractivity contribution is 0.0699. The lowest BCUT2D eigenvalue weighted by atomic mass is 10.1. The molecule has 0 amide bonds. The van der Waals surface area contributed by atoms with Gasteiger partial charge in [-0.3, -0.25) is 0 Å². The summed E-state index contributed by atoms with van der Waals surface area (Å²) in [5, 5.41) is 10.8. The fourth-order valence-corrected chi connectivity index (χ4v) is 3.22. The quantitative estimate of drug-likeness (QED) is 0.443. The lowest BCUT2D eigenvalue weighted by Gasteiger charge is -2.05. The molecule has 0 bridgehead atoms.